The largest absolute Gasteiger partial charge is 0.452 e. The van der Waals surface area contributed by atoms with E-state index in [9.17, 15) is 19.2 Å². The first-order valence-corrected chi connectivity index (χ1v) is 8.72. The van der Waals surface area contributed by atoms with Crippen LogP contribution in [-0.2, 0) is 9.53 Å². The van der Waals surface area contributed by atoms with Gasteiger partial charge in [-0.3, -0.25) is 14.9 Å². The molecule has 4 amide bonds. The zero-order valence-electron chi connectivity index (χ0n) is 15.9. The predicted octanol–water partition coefficient (Wildman–Crippen LogP) is 2.13. The van der Waals surface area contributed by atoms with Gasteiger partial charge >= 0.3 is 12.0 Å². The van der Waals surface area contributed by atoms with E-state index in [1.807, 2.05) is 11.4 Å². The first kappa shape index (κ1) is 21.4. The third-order valence-corrected chi connectivity index (χ3v) is 3.82. The third-order valence-electron chi connectivity index (χ3n) is 3.82. The molecule has 2 aromatic rings. The van der Waals surface area contributed by atoms with E-state index < -0.39 is 30.4 Å². The van der Waals surface area contributed by atoms with Gasteiger partial charge in [-0.2, -0.15) is 0 Å². The smallest absolute Gasteiger partial charge is 0.339 e. The molecule has 8 nitrogen and oxygen atoms in total. The van der Waals surface area contributed by atoms with E-state index in [0.717, 1.165) is 0 Å². The quantitative estimate of drug-likeness (QED) is 0.552. The molecular weight excluding hydrogens is 374 g/mol. The van der Waals surface area contributed by atoms with Crippen LogP contribution >= 0.6 is 0 Å². The second-order valence-corrected chi connectivity index (χ2v) is 5.87. The minimum absolute atomic E-state index is 0.0178. The highest BCUT2D eigenvalue weighted by molar-refractivity contribution is 6.12. The maximum absolute atomic E-state index is 12.8. The lowest BCUT2D eigenvalue weighted by molar-refractivity contribution is -0.123. The molecule has 8 heteroatoms. The van der Waals surface area contributed by atoms with E-state index in [4.69, 9.17) is 4.74 Å². The SMILES string of the molecule is C=CCNC(=O)NC(=O)COC(=O)c1ccccc1C(=O)N(C)c1ccccc1. The highest BCUT2D eigenvalue weighted by Crippen LogP contribution is 2.18. The van der Waals surface area contributed by atoms with Crippen LogP contribution in [0, 0.1) is 0 Å². The molecule has 0 saturated heterocycles. The summed E-state index contributed by atoms with van der Waals surface area (Å²) in [6.07, 6.45) is 1.45. The van der Waals surface area contributed by atoms with Crippen molar-refractivity contribution in [3.05, 3.63) is 78.4 Å². The van der Waals surface area contributed by atoms with Gasteiger partial charge in [-0.05, 0) is 24.3 Å². The normalized spacial score (nSPS) is 9.83. The van der Waals surface area contributed by atoms with Gasteiger partial charge in [0, 0.05) is 19.3 Å². The van der Waals surface area contributed by atoms with E-state index in [-0.39, 0.29) is 17.7 Å². The Labute approximate surface area is 168 Å². The molecule has 2 aromatic carbocycles. The molecule has 0 aliphatic carbocycles. The van der Waals surface area contributed by atoms with Crippen LogP contribution in [0.4, 0.5) is 10.5 Å². The topological polar surface area (TPSA) is 105 Å². The van der Waals surface area contributed by atoms with E-state index >= 15 is 0 Å². The van der Waals surface area contributed by atoms with Crippen molar-refractivity contribution in [1.29, 1.82) is 0 Å². The van der Waals surface area contributed by atoms with Crippen molar-refractivity contribution in [2.45, 2.75) is 0 Å². The predicted molar refractivity (Wildman–Crippen MR) is 108 cm³/mol. The van der Waals surface area contributed by atoms with Crippen LogP contribution in [-0.4, -0.2) is 44.0 Å². The zero-order valence-corrected chi connectivity index (χ0v) is 15.9. The van der Waals surface area contributed by atoms with Gasteiger partial charge in [0.15, 0.2) is 6.61 Å². The van der Waals surface area contributed by atoms with Gasteiger partial charge in [0.2, 0.25) is 0 Å². The average molecular weight is 395 g/mol. The Balaban J connectivity index is 2.05. The number of carbonyl (C=O) groups is 4. The van der Waals surface area contributed by atoms with Crippen molar-refractivity contribution in [2.75, 3.05) is 25.1 Å². The van der Waals surface area contributed by atoms with Gasteiger partial charge in [0.25, 0.3) is 11.8 Å². The molecule has 29 heavy (non-hydrogen) atoms. The fourth-order valence-electron chi connectivity index (χ4n) is 2.38. The van der Waals surface area contributed by atoms with Gasteiger partial charge in [0.05, 0.1) is 11.1 Å². The van der Waals surface area contributed by atoms with Crippen LogP contribution in [0.2, 0.25) is 0 Å². The Morgan fingerprint density at radius 3 is 2.28 bits per heavy atom. The number of para-hydroxylation sites is 1. The van der Waals surface area contributed by atoms with Crippen LogP contribution in [0.5, 0.6) is 0 Å². The van der Waals surface area contributed by atoms with E-state index in [0.29, 0.717) is 5.69 Å². The summed E-state index contributed by atoms with van der Waals surface area (Å²) in [5.41, 5.74) is 0.808. The first-order chi connectivity index (χ1) is 13.9. The lowest BCUT2D eigenvalue weighted by Crippen LogP contribution is -2.41. The standard InChI is InChI=1S/C21H21N3O5/c1-3-13-22-21(28)23-18(25)14-29-20(27)17-12-8-7-11-16(17)19(26)24(2)15-9-5-4-6-10-15/h3-12H,1,13-14H2,2H3,(H2,22,23,25,28). The Kier molecular flexibility index (Phi) is 7.67. The Morgan fingerprint density at radius 1 is 1.00 bits per heavy atom. The summed E-state index contributed by atoms with van der Waals surface area (Å²) in [5, 5.41) is 4.36. The first-order valence-electron chi connectivity index (χ1n) is 8.72. The molecule has 0 aliphatic heterocycles. The number of imide groups is 1. The zero-order chi connectivity index (χ0) is 21.2. The fraction of sp³-hybridized carbons (Fsp3) is 0.143. The van der Waals surface area contributed by atoms with Crippen molar-refractivity contribution in [3.63, 3.8) is 0 Å². The number of hydrogen-bond donors (Lipinski definition) is 2. The number of nitrogens with one attached hydrogen (secondary N) is 2. The molecule has 0 aromatic heterocycles. The van der Waals surface area contributed by atoms with Gasteiger partial charge in [-0.25, -0.2) is 9.59 Å². The number of carbonyl (C=O) groups excluding carboxylic acids is 4. The Bertz CT molecular complexity index is 912. The maximum atomic E-state index is 12.8. The number of rotatable bonds is 7. The molecule has 2 rings (SSSR count). The molecule has 0 unspecified atom stereocenters. The second-order valence-electron chi connectivity index (χ2n) is 5.87. The van der Waals surface area contributed by atoms with Crippen molar-refractivity contribution < 1.29 is 23.9 Å². The maximum Gasteiger partial charge on any atom is 0.339 e. The molecule has 0 spiro atoms. The summed E-state index contributed by atoms with van der Waals surface area (Å²) >= 11 is 0. The van der Waals surface area contributed by atoms with Gasteiger partial charge < -0.3 is 15.0 Å². The van der Waals surface area contributed by atoms with Crippen LogP contribution < -0.4 is 15.5 Å². The number of amides is 4. The summed E-state index contributed by atoms with van der Waals surface area (Å²) in [4.78, 5) is 49.8. The lowest BCUT2D eigenvalue weighted by atomic mass is 10.1. The van der Waals surface area contributed by atoms with Gasteiger partial charge in [-0.1, -0.05) is 36.4 Å². The minimum atomic E-state index is -0.850. The number of nitrogens with zero attached hydrogens (tertiary/aromatic N) is 1. The lowest BCUT2D eigenvalue weighted by Gasteiger charge is -2.18. The number of ether oxygens (including phenoxy) is 1. The van der Waals surface area contributed by atoms with Crippen molar-refractivity contribution >= 4 is 29.5 Å². The molecule has 0 saturated carbocycles. The molecule has 0 bridgehead atoms. The average Bonchev–Trinajstić information content (AvgIpc) is 2.75. The van der Waals surface area contributed by atoms with Gasteiger partial charge in [-0.15, -0.1) is 6.58 Å². The summed E-state index contributed by atoms with van der Waals surface area (Å²) < 4.78 is 4.95. The van der Waals surface area contributed by atoms with Gasteiger partial charge in [0.1, 0.15) is 0 Å². The van der Waals surface area contributed by atoms with E-state index in [1.54, 1.807) is 43.4 Å². The van der Waals surface area contributed by atoms with Crippen molar-refractivity contribution in [2.24, 2.45) is 0 Å². The molecule has 0 aliphatic rings. The fourth-order valence-corrected chi connectivity index (χ4v) is 2.38. The molecule has 2 N–H and O–H groups in total. The molecule has 0 heterocycles. The number of hydrogen-bond acceptors (Lipinski definition) is 5. The molecule has 0 fully saturated rings. The van der Waals surface area contributed by atoms with Crippen LogP contribution in [0.1, 0.15) is 20.7 Å². The molecule has 0 radical (unpaired) electrons. The summed E-state index contributed by atoms with van der Waals surface area (Å²) in [5.74, 6) is -2.06. The highest BCUT2D eigenvalue weighted by atomic mass is 16.5. The number of esters is 1. The molecule has 0 atom stereocenters. The minimum Gasteiger partial charge on any atom is -0.452 e. The molecule has 150 valence electrons. The third kappa shape index (κ3) is 6.03. The summed E-state index contributed by atoms with van der Waals surface area (Å²) in [6.45, 7) is 2.95. The van der Waals surface area contributed by atoms with Crippen LogP contribution in [0.25, 0.3) is 0 Å². The summed E-state index contributed by atoms with van der Waals surface area (Å²) in [6, 6.07) is 14.4. The Morgan fingerprint density at radius 2 is 1.62 bits per heavy atom. The van der Waals surface area contributed by atoms with E-state index in [2.05, 4.69) is 11.9 Å². The molecular formula is C21H21N3O5. The number of benzene rings is 2. The van der Waals surface area contributed by atoms with E-state index in [1.165, 1.54) is 23.1 Å². The summed E-state index contributed by atoms with van der Waals surface area (Å²) in [7, 11) is 1.59. The highest BCUT2D eigenvalue weighted by Gasteiger charge is 2.22. The van der Waals surface area contributed by atoms with Crippen molar-refractivity contribution in [1.82, 2.24) is 10.6 Å². The van der Waals surface area contributed by atoms with Crippen LogP contribution in [0.3, 0.4) is 0 Å². The number of urea groups is 1. The second kappa shape index (κ2) is 10.4. The Hall–Kier alpha value is -3.94. The number of anilines is 1. The van der Waals surface area contributed by atoms with Crippen molar-refractivity contribution in [3.8, 4) is 0 Å². The van der Waals surface area contributed by atoms with Crippen LogP contribution in [0.15, 0.2) is 67.3 Å². The monoisotopic (exact) mass is 395 g/mol.